The third-order valence-electron chi connectivity index (χ3n) is 4.16. The highest BCUT2D eigenvalue weighted by Crippen LogP contribution is 2.26. The van der Waals surface area contributed by atoms with E-state index in [0.29, 0.717) is 6.07 Å². The first-order chi connectivity index (χ1) is 13.2. The Morgan fingerprint density at radius 3 is 2.46 bits per heavy atom. The van der Waals surface area contributed by atoms with Crippen LogP contribution in [0.4, 0.5) is 14.5 Å². The predicted octanol–water partition coefficient (Wildman–Crippen LogP) is 2.14. The molecule has 1 aliphatic heterocycles. The van der Waals surface area contributed by atoms with Crippen molar-refractivity contribution in [2.75, 3.05) is 11.4 Å². The maximum absolute atomic E-state index is 13.4. The van der Waals surface area contributed by atoms with E-state index in [0.717, 1.165) is 17.0 Å². The van der Waals surface area contributed by atoms with E-state index in [1.807, 2.05) is 0 Å². The number of hydrogen-bond donors (Lipinski definition) is 3. The normalized spacial score (nSPS) is 16.2. The minimum Gasteiger partial charge on any atom is -0.507 e. The number of aromatic hydroxyl groups is 1. The Kier molecular flexibility index (Phi) is 5.46. The number of amides is 3. The summed E-state index contributed by atoms with van der Waals surface area (Å²) in [4.78, 5) is 37.5. The van der Waals surface area contributed by atoms with E-state index in [2.05, 4.69) is 10.9 Å². The standard InChI is InChI=1S/C18H14ClF2N3O4/c19-10-1-2-15(25)14(4-10)18(28)23-22-17(27)9-3-16(26)24(8-9)13-6-11(20)5-12(21)7-13/h1-2,4-7,9,25H,3,8H2,(H,22,27)(H,23,28). The average molecular weight is 410 g/mol. The minimum absolute atomic E-state index is 0.00526. The molecule has 0 saturated carbocycles. The van der Waals surface area contributed by atoms with E-state index in [1.54, 1.807) is 0 Å². The molecule has 3 amide bonds. The van der Waals surface area contributed by atoms with Gasteiger partial charge in [0, 0.05) is 29.7 Å². The number of nitrogens with zero attached hydrogens (tertiary/aromatic N) is 1. The molecule has 0 bridgehead atoms. The highest BCUT2D eigenvalue weighted by atomic mass is 35.5. The van der Waals surface area contributed by atoms with Gasteiger partial charge in [0.25, 0.3) is 5.91 Å². The van der Waals surface area contributed by atoms with Crippen LogP contribution in [0.1, 0.15) is 16.8 Å². The molecule has 2 aromatic carbocycles. The number of halogens is 3. The largest absolute Gasteiger partial charge is 0.507 e. The number of benzene rings is 2. The van der Waals surface area contributed by atoms with E-state index in [1.165, 1.54) is 18.2 Å². The lowest BCUT2D eigenvalue weighted by atomic mass is 10.1. The topological polar surface area (TPSA) is 98.7 Å². The number of rotatable bonds is 3. The summed E-state index contributed by atoms with van der Waals surface area (Å²) < 4.78 is 26.7. The van der Waals surface area contributed by atoms with Gasteiger partial charge < -0.3 is 10.0 Å². The first-order valence-corrected chi connectivity index (χ1v) is 8.47. The molecule has 7 nitrogen and oxygen atoms in total. The van der Waals surface area contributed by atoms with Crippen molar-refractivity contribution in [3.8, 4) is 5.75 Å². The third kappa shape index (κ3) is 4.20. The van der Waals surface area contributed by atoms with Crippen LogP contribution < -0.4 is 15.8 Å². The van der Waals surface area contributed by atoms with E-state index in [4.69, 9.17) is 11.6 Å². The summed E-state index contributed by atoms with van der Waals surface area (Å²) in [7, 11) is 0. The van der Waals surface area contributed by atoms with E-state index in [-0.39, 0.29) is 35.0 Å². The van der Waals surface area contributed by atoms with E-state index in [9.17, 15) is 28.3 Å². The van der Waals surface area contributed by atoms with Crippen LogP contribution in [0.5, 0.6) is 5.75 Å². The zero-order valence-corrected chi connectivity index (χ0v) is 15.0. The van der Waals surface area contributed by atoms with Gasteiger partial charge in [-0.1, -0.05) is 11.6 Å². The lowest BCUT2D eigenvalue weighted by Gasteiger charge is -2.17. The number of carbonyl (C=O) groups excluding carboxylic acids is 3. The molecule has 0 aromatic heterocycles. The third-order valence-corrected chi connectivity index (χ3v) is 4.39. The second-order valence-corrected chi connectivity index (χ2v) is 6.57. The van der Waals surface area contributed by atoms with Gasteiger partial charge >= 0.3 is 0 Å². The molecule has 1 saturated heterocycles. The van der Waals surface area contributed by atoms with Crippen molar-refractivity contribution < 1.29 is 28.3 Å². The second-order valence-electron chi connectivity index (χ2n) is 6.14. The molecule has 1 aliphatic rings. The molecule has 1 atom stereocenters. The SMILES string of the molecule is O=C(NNC(=O)C1CC(=O)N(c2cc(F)cc(F)c2)C1)c1cc(Cl)ccc1O. The van der Waals surface area contributed by atoms with E-state index >= 15 is 0 Å². The number of anilines is 1. The fourth-order valence-corrected chi connectivity index (χ4v) is 2.98. The molecule has 1 unspecified atom stereocenters. The summed E-state index contributed by atoms with van der Waals surface area (Å²) in [6, 6.07) is 6.49. The molecule has 2 aromatic rings. The van der Waals surface area contributed by atoms with Gasteiger partial charge in [-0.2, -0.15) is 0 Å². The van der Waals surface area contributed by atoms with Gasteiger partial charge in [0.2, 0.25) is 11.8 Å². The van der Waals surface area contributed by atoms with Crippen LogP contribution in [-0.4, -0.2) is 29.4 Å². The van der Waals surface area contributed by atoms with Crippen LogP contribution >= 0.6 is 11.6 Å². The quantitative estimate of drug-likeness (QED) is 0.676. The van der Waals surface area contributed by atoms with Crippen LogP contribution in [0.2, 0.25) is 5.02 Å². The first-order valence-electron chi connectivity index (χ1n) is 8.10. The van der Waals surface area contributed by atoms with Crippen molar-refractivity contribution >= 4 is 35.0 Å². The number of carbonyl (C=O) groups is 3. The molecular weight excluding hydrogens is 396 g/mol. The van der Waals surface area contributed by atoms with Gasteiger partial charge in [0.05, 0.1) is 11.5 Å². The van der Waals surface area contributed by atoms with Crippen molar-refractivity contribution in [1.82, 2.24) is 10.9 Å². The number of phenols is 1. The van der Waals surface area contributed by atoms with Crippen molar-refractivity contribution in [1.29, 1.82) is 0 Å². The molecule has 0 aliphatic carbocycles. The highest BCUT2D eigenvalue weighted by molar-refractivity contribution is 6.31. The molecule has 10 heteroatoms. The average Bonchev–Trinajstić information content (AvgIpc) is 3.02. The molecule has 0 spiro atoms. The molecule has 146 valence electrons. The molecule has 1 heterocycles. The zero-order chi connectivity index (χ0) is 20.4. The molecule has 3 rings (SSSR count). The summed E-state index contributed by atoms with van der Waals surface area (Å²) in [5.41, 5.74) is 4.15. The Hall–Kier alpha value is -3.20. The Labute approximate surface area is 162 Å². The fourth-order valence-electron chi connectivity index (χ4n) is 2.81. The second kappa shape index (κ2) is 7.81. The van der Waals surface area contributed by atoms with Crippen LogP contribution in [0.3, 0.4) is 0 Å². The zero-order valence-electron chi connectivity index (χ0n) is 14.2. The molecule has 3 N–H and O–H groups in total. The summed E-state index contributed by atoms with van der Waals surface area (Å²) in [6.07, 6.45) is -0.192. The summed E-state index contributed by atoms with van der Waals surface area (Å²) in [5.74, 6) is -4.81. The monoisotopic (exact) mass is 409 g/mol. The van der Waals surface area contributed by atoms with Crippen molar-refractivity contribution in [3.05, 3.63) is 58.6 Å². The van der Waals surface area contributed by atoms with Gasteiger partial charge in [-0.05, 0) is 30.3 Å². The highest BCUT2D eigenvalue weighted by Gasteiger charge is 2.35. The van der Waals surface area contributed by atoms with Gasteiger partial charge in [-0.15, -0.1) is 0 Å². The Bertz CT molecular complexity index is 950. The number of nitrogens with one attached hydrogen (secondary N) is 2. The van der Waals surface area contributed by atoms with Crippen LogP contribution in [0, 0.1) is 17.6 Å². The van der Waals surface area contributed by atoms with Crippen LogP contribution in [0.25, 0.3) is 0 Å². The van der Waals surface area contributed by atoms with Gasteiger partial charge in [0.15, 0.2) is 0 Å². The van der Waals surface area contributed by atoms with Crippen molar-refractivity contribution in [2.24, 2.45) is 5.92 Å². The molecule has 28 heavy (non-hydrogen) atoms. The number of phenolic OH excluding ortho intramolecular Hbond substituents is 1. The van der Waals surface area contributed by atoms with Crippen molar-refractivity contribution in [3.63, 3.8) is 0 Å². The Morgan fingerprint density at radius 1 is 1.11 bits per heavy atom. The molecular formula is C18H14ClF2N3O4. The summed E-state index contributed by atoms with van der Waals surface area (Å²) >= 11 is 5.76. The Balaban J connectivity index is 1.63. The van der Waals surface area contributed by atoms with E-state index < -0.39 is 35.3 Å². The maximum Gasteiger partial charge on any atom is 0.273 e. The van der Waals surface area contributed by atoms with Gasteiger partial charge in [-0.25, -0.2) is 8.78 Å². The lowest BCUT2D eigenvalue weighted by molar-refractivity contribution is -0.126. The molecule has 0 radical (unpaired) electrons. The smallest absolute Gasteiger partial charge is 0.273 e. The van der Waals surface area contributed by atoms with Gasteiger partial charge in [0.1, 0.15) is 17.4 Å². The van der Waals surface area contributed by atoms with Gasteiger partial charge in [-0.3, -0.25) is 25.2 Å². The summed E-state index contributed by atoms with van der Waals surface area (Å²) in [5, 5.41) is 9.89. The summed E-state index contributed by atoms with van der Waals surface area (Å²) in [6.45, 7) is -0.105. The lowest BCUT2D eigenvalue weighted by Crippen LogP contribution is -2.45. The molecule has 1 fully saturated rings. The van der Waals surface area contributed by atoms with Crippen LogP contribution in [0.15, 0.2) is 36.4 Å². The van der Waals surface area contributed by atoms with Crippen LogP contribution in [-0.2, 0) is 9.59 Å². The maximum atomic E-state index is 13.4. The fraction of sp³-hybridized carbons (Fsp3) is 0.167. The minimum atomic E-state index is -0.843. The number of hydrogen-bond acceptors (Lipinski definition) is 4. The first kappa shape index (κ1) is 19.6. The predicted molar refractivity (Wildman–Crippen MR) is 95.5 cm³/mol. The van der Waals surface area contributed by atoms with Crippen molar-refractivity contribution in [2.45, 2.75) is 6.42 Å². The number of hydrazine groups is 1. The Morgan fingerprint density at radius 2 is 1.79 bits per heavy atom.